The maximum atomic E-state index is 12.2. The average molecular weight is 463 g/mol. The SMILES string of the molecule is C[C@@H](N[C@H]1CCC[C@H](c2ccc(C(=O)NCCC(=O)Cl)cc2)C1)c1cccc2ccccc12. The van der Waals surface area contributed by atoms with E-state index < -0.39 is 5.24 Å². The summed E-state index contributed by atoms with van der Waals surface area (Å²) in [6.07, 6.45) is 4.78. The second-order valence-electron chi connectivity index (χ2n) is 9.00. The Morgan fingerprint density at radius 3 is 2.55 bits per heavy atom. The Morgan fingerprint density at radius 2 is 1.76 bits per heavy atom. The van der Waals surface area contributed by atoms with Crippen LogP contribution in [0.5, 0.6) is 0 Å². The predicted octanol–water partition coefficient (Wildman–Crippen LogP) is 6.10. The third kappa shape index (κ3) is 6.01. The van der Waals surface area contributed by atoms with E-state index in [-0.39, 0.29) is 24.9 Å². The smallest absolute Gasteiger partial charge is 0.251 e. The van der Waals surface area contributed by atoms with Crippen LogP contribution in [0.4, 0.5) is 0 Å². The Bertz CT molecular complexity index is 1110. The van der Waals surface area contributed by atoms with Crippen LogP contribution in [0.15, 0.2) is 66.7 Å². The molecular weight excluding hydrogens is 432 g/mol. The van der Waals surface area contributed by atoms with Crippen molar-refractivity contribution in [2.75, 3.05) is 6.54 Å². The molecule has 0 spiro atoms. The van der Waals surface area contributed by atoms with Gasteiger partial charge in [-0.15, -0.1) is 0 Å². The van der Waals surface area contributed by atoms with Crippen molar-refractivity contribution >= 4 is 33.5 Å². The lowest BCUT2D eigenvalue weighted by molar-refractivity contribution is -0.111. The van der Waals surface area contributed by atoms with E-state index in [9.17, 15) is 9.59 Å². The molecule has 1 aliphatic rings. The third-order valence-corrected chi connectivity index (χ3v) is 6.89. The largest absolute Gasteiger partial charge is 0.352 e. The first-order chi connectivity index (χ1) is 16.0. The lowest BCUT2D eigenvalue weighted by Crippen LogP contribution is -2.35. The summed E-state index contributed by atoms with van der Waals surface area (Å²) >= 11 is 5.32. The predicted molar refractivity (Wildman–Crippen MR) is 135 cm³/mol. The van der Waals surface area contributed by atoms with Crippen molar-refractivity contribution in [1.29, 1.82) is 0 Å². The molecule has 3 aromatic carbocycles. The number of halogens is 1. The van der Waals surface area contributed by atoms with Gasteiger partial charge in [0.05, 0.1) is 0 Å². The van der Waals surface area contributed by atoms with Crippen LogP contribution in [-0.2, 0) is 4.79 Å². The van der Waals surface area contributed by atoms with Gasteiger partial charge in [0.2, 0.25) is 5.24 Å². The van der Waals surface area contributed by atoms with Crippen LogP contribution in [0.1, 0.15) is 72.5 Å². The number of hydrogen-bond acceptors (Lipinski definition) is 3. The van der Waals surface area contributed by atoms with Gasteiger partial charge in [0, 0.05) is 30.6 Å². The molecule has 2 N–H and O–H groups in total. The number of amides is 1. The van der Waals surface area contributed by atoms with Gasteiger partial charge < -0.3 is 10.6 Å². The van der Waals surface area contributed by atoms with E-state index in [2.05, 4.69) is 72.2 Å². The molecule has 0 bridgehead atoms. The van der Waals surface area contributed by atoms with Crippen LogP contribution in [0.2, 0.25) is 0 Å². The molecule has 0 aliphatic heterocycles. The fraction of sp³-hybridized carbons (Fsp3) is 0.357. The summed E-state index contributed by atoms with van der Waals surface area (Å²) in [4.78, 5) is 23.1. The zero-order valence-electron chi connectivity index (χ0n) is 19.0. The Labute approximate surface area is 200 Å². The van der Waals surface area contributed by atoms with Crippen molar-refractivity contribution in [3.63, 3.8) is 0 Å². The van der Waals surface area contributed by atoms with Gasteiger partial charge in [-0.05, 0) is 77.7 Å². The standard InChI is InChI=1S/C28H31ClN2O2/c1-19(25-11-5-7-21-6-2-3-10-26(21)25)31-24-9-4-8-23(18-24)20-12-14-22(15-13-20)28(33)30-17-16-27(29)32/h2-3,5-7,10-15,19,23-24,31H,4,8-9,16-18H2,1H3,(H,30,33)/t19-,23+,24+/m1/s1. The zero-order valence-corrected chi connectivity index (χ0v) is 19.8. The van der Waals surface area contributed by atoms with Crippen molar-refractivity contribution in [3.05, 3.63) is 83.4 Å². The number of fused-ring (bicyclic) bond motifs is 1. The summed E-state index contributed by atoms with van der Waals surface area (Å²) in [5, 5.41) is 8.77. The molecule has 0 aromatic heterocycles. The Kier molecular flexibility index (Phi) is 7.79. The van der Waals surface area contributed by atoms with E-state index in [0.29, 0.717) is 17.5 Å². The van der Waals surface area contributed by atoms with E-state index in [4.69, 9.17) is 11.6 Å². The minimum Gasteiger partial charge on any atom is -0.352 e. The summed E-state index contributed by atoms with van der Waals surface area (Å²) in [7, 11) is 0. The van der Waals surface area contributed by atoms with Crippen LogP contribution < -0.4 is 10.6 Å². The first-order valence-corrected chi connectivity index (χ1v) is 12.2. The number of hydrogen-bond donors (Lipinski definition) is 2. The monoisotopic (exact) mass is 462 g/mol. The molecule has 0 heterocycles. The van der Waals surface area contributed by atoms with E-state index >= 15 is 0 Å². The molecule has 1 saturated carbocycles. The molecule has 3 aromatic rings. The second kappa shape index (κ2) is 11.0. The highest BCUT2D eigenvalue weighted by Crippen LogP contribution is 2.34. The minimum atomic E-state index is -0.444. The average Bonchev–Trinajstić information content (AvgIpc) is 2.83. The van der Waals surface area contributed by atoms with Crippen molar-refractivity contribution in [2.45, 2.75) is 57.0 Å². The number of nitrogens with one attached hydrogen (secondary N) is 2. The molecule has 1 amide bonds. The molecular formula is C28H31ClN2O2. The fourth-order valence-electron chi connectivity index (χ4n) is 5.00. The van der Waals surface area contributed by atoms with Gasteiger partial charge >= 0.3 is 0 Å². The van der Waals surface area contributed by atoms with E-state index in [1.807, 2.05) is 12.1 Å². The summed E-state index contributed by atoms with van der Waals surface area (Å²) < 4.78 is 0. The first kappa shape index (κ1) is 23.5. The molecule has 33 heavy (non-hydrogen) atoms. The van der Waals surface area contributed by atoms with Crippen LogP contribution in [-0.4, -0.2) is 23.7 Å². The van der Waals surface area contributed by atoms with E-state index in [1.54, 1.807) is 0 Å². The first-order valence-electron chi connectivity index (χ1n) is 11.8. The highest BCUT2D eigenvalue weighted by atomic mass is 35.5. The lowest BCUT2D eigenvalue weighted by atomic mass is 9.80. The highest BCUT2D eigenvalue weighted by molar-refractivity contribution is 6.63. The molecule has 4 rings (SSSR count). The molecule has 4 nitrogen and oxygen atoms in total. The zero-order chi connectivity index (χ0) is 23.2. The second-order valence-corrected chi connectivity index (χ2v) is 9.42. The quantitative estimate of drug-likeness (QED) is 0.397. The van der Waals surface area contributed by atoms with Crippen LogP contribution >= 0.6 is 11.6 Å². The number of benzene rings is 3. The molecule has 1 fully saturated rings. The Hall–Kier alpha value is -2.69. The molecule has 172 valence electrons. The summed E-state index contributed by atoms with van der Waals surface area (Å²) in [6.45, 7) is 2.52. The maximum absolute atomic E-state index is 12.2. The van der Waals surface area contributed by atoms with E-state index in [0.717, 1.165) is 6.42 Å². The van der Waals surface area contributed by atoms with Gasteiger partial charge in [-0.25, -0.2) is 0 Å². The molecule has 1 aliphatic carbocycles. The van der Waals surface area contributed by atoms with Crippen molar-refractivity contribution in [1.82, 2.24) is 10.6 Å². The van der Waals surface area contributed by atoms with Gasteiger partial charge in [0.25, 0.3) is 5.91 Å². The van der Waals surface area contributed by atoms with E-state index in [1.165, 1.54) is 41.2 Å². The van der Waals surface area contributed by atoms with Gasteiger partial charge in [-0.1, -0.05) is 61.0 Å². The normalized spacial score (nSPS) is 19.2. The summed E-state index contributed by atoms with van der Waals surface area (Å²) in [5.41, 5.74) is 3.24. The van der Waals surface area contributed by atoms with Crippen LogP contribution in [0.3, 0.4) is 0 Å². The minimum absolute atomic E-state index is 0.138. The highest BCUT2D eigenvalue weighted by Gasteiger charge is 2.25. The number of rotatable bonds is 8. The number of carbonyl (C=O) groups is 2. The molecule has 0 radical (unpaired) electrons. The maximum Gasteiger partial charge on any atom is 0.251 e. The van der Waals surface area contributed by atoms with Crippen molar-refractivity contribution in [2.24, 2.45) is 0 Å². The lowest BCUT2D eigenvalue weighted by Gasteiger charge is -2.32. The summed E-state index contributed by atoms with van der Waals surface area (Å²) in [6, 6.07) is 23.8. The fourth-order valence-corrected chi connectivity index (χ4v) is 5.09. The molecule has 3 atom stereocenters. The van der Waals surface area contributed by atoms with Crippen LogP contribution in [0, 0.1) is 0 Å². The summed E-state index contributed by atoms with van der Waals surface area (Å²) in [5.74, 6) is 0.313. The molecule has 0 saturated heterocycles. The van der Waals surface area contributed by atoms with Gasteiger partial charge in [-0.3, -0.25) is 9.59 Å². The molecule has 0 unspecified atom stereocenters. The van der Waals surface area contributed by atoms with Gasteiger partial charge in [-0.2, -0.15) is 0 Å². The molecule has 5 heteroatoms. The Balaban J connectivity index is 1.37. The third-order valence-electron chi connectivity index (χ3n) is 6.70. The van der Waals surface area contributed by atoms with Gasteiger partial charge in [0.1, 0.15) is 0 Å². The Morgan fingerprint density at radius 1 is 1.00 bits per heavy atom. The van der Waals surface area contributed by atoms with Crippen molar-refractivity contribution in [3.8, 4) is 0 Å². The topological polar surface area (TPSA) is 58.2 Å². The van der Waals surface area contributed by atoms with Crippen LogP contribution in [0.25, 0.3) is 10.8 Å². The number of carbonyl (C=O) groups excluding carboxylic acids is 2. The van der Waals surface area contributed by atoms with Gasteiger partial charge in [0.15, 0.2) is 0 Å². The van der Waals surface area contributed by atoms with Crippen molar-refractivity contribution < 1.29 is 9.59 Å².